The molecule has 0 bridgehead atoms. The van der Waals surface area contributed by atoms with Crippen molar-refractivity contribution in [3.63, 3.8) is 0 Å². The fraction of sp³-hybridized carbons (Fsp3) is 0. The third kappa shape index (κ3) is 2.28. The molecule has 1 aromatic carbocycles. The van der Waals surface area contributed by atoms with Gasteiger partial charge in [0.05, 0.1) is 10.2 Å². The average Bonchev–Trinajstić information content (AvgIpc) is 2.83. The van der Waals surface area contributed by atoms with Crippen LogP contribution in [0, 0.1) is 0 Å². The van der Waals surface area contributed by atoms with Crippen LogP contribution < -0.4 is 11.5 Å². The summed E-state index contributed by atoms with van der Waals surface area (Å²) in [5.74, 6) is 0.530. The first-order valence-corrected chi connectivity index (χ1v) is 6.63. The Morgan fingerprint density at radius 2 is 1.79 bits per heavy atom. The molecular formula is C14H12N4S. The monoisotopic (exact) mass is 268 g/mol. The Hall–Kier alpha value is -2.40. The van der Waals surface area contributed by atoms with E-state index in [1.54, 1.807) is 11.3 Å². The van der Waals surface area contributed by atoms with Gasteiger partial charge in [0.25, 0.3) is 0 Å². The van der Waals surface area contributed by atoms with Gasteiger partial charge in [-0.25, -0.2) is 9.97 Å². The van der Waals surface area contributed by atoms with Gasteiger partial charge in [-0.2, -0.15) is 0 Å². The van der Waals surface area contributed by atoms with Crippen LogP contribution >= 0.6 is 11.3 Å². The lowest BCUT2D eigenvalue weighted by Gasteiger charge is -1.95. The van der Waals surface area contributed by atoms with Crippen LogP contribution in [0.2, 0.25) is 0 Å². The van der Waals surface area contributed by atoms with E-state index in [0.29, 0.717) is 5.82 Å². The molecule has 0 fully saturated rings. The summed E-state index contributed by atoms with van der Waals surface area (Å²) in [5, 5.41) is 2.03. The van der Waals surface area contributed by atoms with Crippen molar-refractivity contribution < 1.29 is 0 Å². The molecule has 2 aromatic heterocycles. The van der Waals surface area contributed by atoms with Crippen molar-refractivity contribution in [2.45, 2.75) is 0 Å². The highest BCUT2D eigenvalue weighted by Gasteiger charge is 2.05. The van der Waals surface area contributed by atoms with Gasteiger partial charge in [-0.05, 0) is 17.7 Å². The van der Waals surface area contributed by atoms with Crippen LogP contribution in [0.1, 0.15) is 11.1 Å². The molecule has 0 unspecified atom stereocenters. The summed E-state index contributed by atoms with van der Waals surface area (Å²) in [7, 11) is 0. The number of hydrogen-bond acceptors (Lipinski definition) is 5. The van der Waals surface area contributed by atoms with Crippen LogP contribution in [0.25, 0.3) is 22.4 Å². The summed E-state index contributed by atoms with van der Waals surface area (Å²) in [5.41, 5.74) is 15.3. The zero-order valence-electron chi connectivity index (χ0n) is 10.1. The maximum atomic E-state index is 5.81. The van der Waals surface area contributed by atoms with E-state index in [1.165, 1.54) is 6.33 Å². The second kappa shape index (κ2) is 4.70. The lowest BCUT2D eigenvalue weighted by Crippen LogP contribution is -1.90. The van der Waals surface area contributed by atoms with E-state index >= 15 is 0 Å². The van der Waals surface area contributed by atoms with E-state index < -0.39 is 0 Å². The maximum absolute atomic E-state index is 5.81. The molecule has 0 spiro atoms. The van der Waals surface area contributed by atoms with Gasteiger partial charge >= 0.3 is 0 Å². The topological polar surface area (TPSA) is 77.8 Å². The van der Waals surface area contributed by atoms with E-state index in [-0.39, 0.29) is 0 Å². The van der Waals surface area contributed by atoms with Gasteiger partial charge in [0.2, 0.25) is 0 Å². The molecule has 3 aromatic rings. The Morgan fingerprint density at radius 3 is 2.58 bits per heavy atom. The molecular weight excluding hydrogens is 256 g/mol. The molecule has 94 valence electrons. The molecule has 0 saturated heterocycles. The molecule has 4 nitrogen and oxygen atoms in total. The Morgan fingerprint density at radius 1 is 1.00 bits per heavy atom. The molecule has 0 amide bonds. The van der Waals surface area contributed by atoms with E-state index in [4.69, 9.17) is 11.5 Å². The van der Waals surface area contributed by atoms with Crippen molar-refractivity contribution in [3.8, 4) is 0 Å². The summed E-state index contributed by atoms with van der Waals surface area (Å²) in [6.45, 7) is 0. The predicted molar refractivity (Wildman–Crippen MR) is 81.6 cm³/mol. The number of nitrogens with zero attached hydrogens (tertiary/aromatic N) is 2. The van der Waals surface area contributed by atoms with Crippen molar-refractivity contribution in [2.75, 3.05) is 11.5 Å². The molecule has 4 N–H and O–H groups in total. The number of rotatable bonds is 2. The van der Waals surface area contributed by atoms with Crippen LogP contribution in [-0.4, -0.2) is 9.97 Å². The summed E-state index contributed by atoms with van der Waals surface area (Å²) >= 11 is 1.56. The zero-order valence-corrected chi connectivity index (χ0v) is 10.9. The van der Waals surface area contributed by atoms with Gasteiger partial charge in [-0.1, -0.05) is 24.3 Å². The summed E-state index contributed by atoms with van der Waals surface area (Å²) in [4.78, 5) is 8.26. The molecule has 0 radical (unpaired) electrons. The van der Waals surface area contributed by atoms with Crippen molar-refractivity contribution >= 4 is 45.2 Å². The highest BCUT2D eigenvalue weighted by molar-refractivity contribution is 7.18. The minimum Gasteiger partial charge on any atom is -0.399 e. The molecule has 0 aliphatic heterocycles. The van der Waals surface area contributed by atoms with Crippen molar-refractivity contribution in [1.82, 2.24) is 9.97 Å². The number of anilines is 2. The Bertz CT molecular complexity index is 744. The first-order valence-electron chi connectivity index (χ1n) is 5.75. The largest absolute Gasteiger partial charge is 0.399 e. The second-order valence-electron chi connectivity index (χ2n) is 4.13. The number of benzene rings is 1. The second-order valence-corrected chi connectivity index (χ2v) is 5.01. The number of hydrogen-bond donors (Lipinski definition) is 2. The molecule has 0 saturated carbocycles. The predicted octanol–water partition coefficient (Wildman–Crippen LogP) is 3.03. The van der Waals surface area contributed by atoms with Gasteiger partial charge in [-0.15, -0.1) is 11.3 Å². The standard InChI is InChI=1S/C14H12N4S/c15-11-5-2-9(3-6-11)1-4-10-7-19-13-12(10)17-8-18-14(13)16/h1-8H,15H2,(H2,16,17,18). The minimum absolute atomic E-state index is 0.530. The van der Waals surface area contributed by atoms with Crippen LogP contribution in [0.15, 0.2) is 36.0 Å². The molecule has 19 heavy (non-hydrogen) atoms. The van der Waals surface area contributed by atoms with Crippen molar-refractivity contribution in [1.29, 1.82) is 0 Å². The zero-order chi connectivity index (χ0) is 13.2. The number of fused-ring (bicyclic) bond motifs is 1. The maximum Gasteiger partial charge on any atom is 0.144 e. The highest BCUT2D eigenvalue weighted by Crippen LogP contribution is 2.28. The van der Waals surface area contributed by atoms with Crippen LogP contribution in [-0.2, 0) is 0 Å². The normalized spacial score (nSPS) is 11.4. The number of thiophene rings is 1. The summed E-state index contributed by atoms with van der Waals surface area (Å²) in [6.07, 6.45) is 5.54. The first-order chi connectivity index (χ1) is 9.24. The smallest absolute Gasteiger partial charge is 0.144 e. The third-order valence-electron chi connectivity index (χ3n) is 2.80. The summed E-state index contributed by atoms with van der Waals surface area (Å²) in [6, 6.07) is 7.71. The van der Waals surface area contributed by atoms with Crippen LogP contribution in [0.4, 0.5) is 11.5 Å². The number of nitrogen functional groups attached to an aromatic ring is 2. The van der Waals surface area contributed by atoms with E-state index in [0.717, 1.165) is 27.0 Å². The lowest BCUT2D eigenvalue weighted by atomic mass is 10.1. The van der Waals surface area contributed by atoms with Gasteiger partial charge in [-0.3, -0.25) is 0 Å². The van der Waals surface area contributed by atoms with E-state index in [1.807, 2.05) is 41.8 Å². The fourth-order valence-electron chi connectivity index (χ4n) is 1.80. The Labute approximate surface area is 114 Å². The van der Waals surface area contributed by atoms with Crippen molar-refractivity contribution in [2.24, 2.45) is 0 Å². The van der Waals surface area contributed by atoms with E-state index in [9.17, 15) is 0 Å². The number of nitrogens with two attached hydrogens (primary N) is 2. The van der Waals surface area contributed by atoms with Gasteiger partial charge in [0.1, 0.15) is 12.1 Å². The Kier molecular flexibility index (Phi) is 2.89. The van der Waals surface area contributed by atoms with Crippen LogP contribution in [0.5, 0.6) is 0 Å². The van der Waals surface area contributed by atoms with Gasteiger partial charge in [0, 0.05) is 16.6 Å². The van der Waals surface area contributed by atoms with Crippen molar-refractivity contribution in [3.05, 3.63) is 47.1 Å². The van der Waals surface area contributed by atoms with Gasteiger partial charge in [0.15, 0.2) is 0 Å². The lowest BCUT2D eigenvalue weighted by molar-refractivity contribution is 1.24. The molecule has 0 aliphatic carbocycles. The van der Waals surface area contributed by atoms with Crippen LogP contribution in [0.3, 0.4) is 0 Å². The number of aromatic nitrogens is 2. The van der Waals surface area contributed by atoms with Gasteiger partial charge < -0.3 is 11.5 Å². The molecule has 3 rings (SSSR count). The SMILES string of the molecule is Nc1ccc(C=Cc2csc3c(N)ncnc23)cc1. The third-order valence-corrected chi connectivity index (χ3v) is 3.81. The van der Waals surface area contributed by atoms with E-state index in [2.05, 4.69) is 9.97 Å². The Balaban J connectivity index is 1.97. The molecule has 0 atom stereocenters. The fourth-order valence-corrected chi connectivity index (χ4v) is 2.69. The molecule has 5 heteroatoms. The average molecular weight is 268 g/mol. The summed E-state index contributed by atoms with van der Waals surface area (Å²) < 4.78 is 0.930. The quantitative estimate of drug-likeness (QED) is 0.700. The minimum atomic E-state index is 0.530. The molecule has 2 heterocycles. The molecule has 0 aliphatic rings. The highest BCUT2D eigenvalue weighted by atomic mass is 32.1. The first kappa shape index (κ1) is 11.7.